The molecule has 2 aliphatic carbocycles. The molecule has 0 aliphatic heterocycles. The molecule has 14 aromatic rings. The van der Waals surface area contributed by atoms with Gasteiger partial charge in [0.15, 0.2) is 0 Å². The summed E-state index contributed by atoms with van der Waals surface area (Å²) in [6, 6.07) is 103. The second kappa shape index (κ2) is 17.3. The number of hydrogen-bond donors (Lipinski definition) is 0. The largest absolute Gasteiger partial charge is 0.455 e. The molecule has 2 heterocycles. The predicted octanol–water partition coefficient (Wildman–Crippen LogP) is 20.2. The van der Waals surface area contributed by atoms with E-state index in [1.54, 1.807) is 0 Å². The van der Waals surface area contributed by atoms with Crippen LogP contribution in [-0.4, -0.2) is 4.57 Å². The minimum absolute atomic E-state index is 0.0943. The minimum atomic E-state index is -0.509. The lowest BCUT2D eigenvalue weighted by Crippen LogP contribution is -2.28. The summed E-state index contributed by atoms with van der Waals surface area (Å²) in [5.74, 6) is 0. The molecule has 2 aliphatic rings. The van der Waals surface area contributed by atoms with E-state index in [0.717, 1.165) is 66.9 Å². The summed E-state index contributed by atoms with van der Waals surface area (Å²) in [4.78, 5) is 2.41. The quantitative estimate of drug-likeness (QED) is 0.151. The van der Waals surface area contributed by atoms with Gasteiger partial charge in [0.05, 0.1) is 16.4 Å². The van der Waals surface area contributed by atoms with Crippen LogP contribution in [0.2, 0.25) is 0 Å². The summed E-state index contributed by atoms with van der Waals surface area (Å²) in [7, 11) is 0. The van der Waals surface area contributed by atoms with Crippen LogP contribution in [-0.2, 0) is 10.8 Å². The zero-order valence-electron chi connectivity index (χ0n) is 43.9. The lowest BCUT2D eigenvalue weighted by molar-refractivity contribution is 0.660. The average Bonchev–Trinajstić information content (AvgIpc) is 4.41. The number of benzene rings is 12. The van der Waals surface area contributed by atoms with Crippen molar-refractivity contribution in [3.8, 4) is 50.2 Å². The molecule has 0 N–H and O–H groups in total. The molecule has 0 saturated carbocycles. The summed E-state index contributed by atoms with van der Waals surface area (Å²) in [6.07, 6.45) is 0. The molecule has 0 bridgehead atoms. The molecule has 2 aromatic heterocycles. The number of aromatic nitrogens is 1. The Hall–Kier alpha value is -9.96. The Morgan fingerprint density at radius 3 is 1.56 bits per heavy atom. The van der Waals surface area contributed by atoms with E-state index in [2.05, 4.69) is 296 Å². The molecule has 0 spiro atoms. The highest BCUT2D eigenvalue weighted by Crippen LogP contribution is 2.57. The second-order valence-electron chi connectivity index (χ2n) is 22.0. The first-order chi connectivity index (χ1) is 38.9. The Bertz CT molecular complexity index is 4690. The highest BCUT2D eigenvalue weighted by molar-refractivity contribution is 6.12. The molecule has 0 radical (unpaired) electrons. The number of rotatable bonds is 8. The van der Waals surface area contributed by atoms with Crippen molar-refractivity contribution in [3.63, 3.8) is 0 Å². The molecule has 0 fully saturated rings. The standard InChI is InChI=1S/C76H52N2O/c1-75(2)67-28-13-9-24-61(67)64-48-57(42-43-68(64)75)77(56-40-34-50(35-41-56)58-26-17-27-63-62-25-12-16-31-73(62)79-74(58)63)55-38-32-49(33-39-55)51-36-44-71-65(46-51)66-47-53(37-45-72(66)78(71)54-20-7-4-8-21-54)76(52-18-5-3-6-19-52)69-29-14-10-22-59(69)60-23-11-15-30-70(60)76/h3-48H,1-2H3. The van der Waals surface area contributed by atoms with Crippen LogP contribution in [0.4, 0.5) is 17.1 Å². The van der Waals surface area contributed by atoms with Crippen LogP contribution in [0, 0.1) is 0 Å². The normalized spacial score (nSPS) is 13.6. The molecule has 12 aromatic carbocycles. The van der Waals surface area contributed by atoms with Gasteiger partial charge in [-0.3, -0.25) is 0 Å². The summed E-state index contributed by atoms with van der Waals surface area (Å²) in [5, 5.41) is 4.70. The molecule has 16 rings (SSSR count). The molecule has 0 amide bonds. The Morgan fingerprint density at radius 1 is 0.329 bits per heavy atom. The van der Waals surface area contributed by atoms with Gasteiger partial charge in [0, 0.05) is 55.3 Å². The van der Waals surface area contributed by atoms with Gasteiger partial charge in [0.2, 0.25) is 0 Å². The molecule has 0 atom stereocenters. The Labute approximate surface area is 459 Å². The van der Waals surface area contributed by atoms with Gasteiger partial charge < -0.3 is 13.9 Å². The van der Waals surface area contributed by atoms with Crippen LogP contribution in [0.3, 0.4) is 0 Å². The number of fused-ring (bicyclic) bond motifs is 12. The van der Waals surface area contributed by atoms with Gasteiger partial charge in [-0.2, -0.15) is 0 Å². The van der Waals surface area contributed by atoms with Gasteiger partial charge in [-0.05, 0) is 151 Å². The van der Waals surface area contributed by atoms with E-state index >= 15 is 0 Å². The van der Waals surface area contributed by atoms with Gasteiger partial charge in [0.1, 0.15) is 11.2 Å². The highest BCUT2D eigenvalue weighted by Gasteiger charge is 2.46. The van der Waals surface area contributed by atoms with E-state index in [4.69, 9.17) is 4.42 Å². The zero-order valence-corrected chi connectivity index (χ0v) is 43.9. The maximum absolute atomic E-state index is 6.51. The van der Waals surface area contributed by atoms with Gasteiger partial charge in [0.25, 0.3) is 0 Å². The van der Waals surface area contributed by atoms with E-state index in [0.29, 0.717) is 0 Å². The van der Waals surface area contributed by atoms with Crippen LogP contribution in [0.1, 0.15) is 47.2 Å². The van der Waals surface area contributed by atoms with Crippen molar-refractivity contribution < 1.29 is 4.42 Å². The van der Waals surface area contributed by atoms with Gasteiger partial charge in [-0.15, -0.1) is 0 Å². The van der Waals surface area contributed by atoms with Crippen LogP contribution in [0.25, 0.3) is 93.9 Å². The van der Waals surface area contributed by atoms with Crippen molar-refractivity contribution in [1.29, 1.82) is 0 Å². The summed E-state index contributed by atoms with van der Waals surface area (Å²) in [5.41, 5.74) is 25.5. The SMILES string of the molecule is CC1(C)c2ccccc2-c2cc(N(c3ccc(-c4ccc5c(c4)c4cc(C6(c7ccccc7)c7ccccc7-c7ccccc76)ccc4n5-c4ccccc4)cc3)c3ccc(-c4cccc5c4oc4ccccc45)cc3)ccc21. The van der Waals surface area contributed by atoms with E-state index < -0.39 is 5.41 Å². The molecule has 0 unspecified atom stereocenters. The topological polar surface area (TPSA) is 21.3 Å². The van der Waals surface area contributed by atoms with Crippen molar-refractivity contribution in [2.45, 2.75) is 24.7 Å². The van der Waals surface area contributed by atoms with E-state index in [1.807, 2.05) is 6.07 Å². The lowest BCUT2D eigenvalue weighted by Gasteiger charge is -2.34. The van der Waals surface area contributed by atoms with Crippen LogP contribution in [0.5, 0.6) is 0 Å². The van der Waals surface area contributed by atoms with Crippen molar-refractivity contribution in [2.24, 2.45) is 0 Å². The van der Waals surface area contributed by atoms with E-state index in [1.165, 1.54) is 77.4 Å². The number of hydrogen-bond acceptors (Lipinski definition) is 2. The third kappa shape index (κ3) is 6.66. The van der Waals surface area contributed by atoms with Crippen molar-refractivity contribution in [1.82, 2.24) is 4.57 Å². The van der Waals surface area contributed by atoms with Crippen molar-refractivity contribution >= 4 is 60.8 Å². The maximum atomic E-state index is 6.51. The minimum Gasteiger partial charge on any atom is -0.455 e. The number of anilines is 3. The molecule has 3 heteroatoms. The summed E-state index contributed by atoms with van der Waals surface area (Å²) < 4.78 is 8.95. The molecular formula is C76H52N2O. The molecule has 372 valence electrons. The number of furan rings is 1. The fourth-order valence-electron chi connectivity index (χ4n) is 13.9. The Balaban J connectivity index is 0.841. The van der Waals surface area contributed by atoms with Crippen LogP contribution >= 0.6 is 0 Å². The summed E-state index contributed by atoms with van der Waals surface area (Å²) in [6.45, 7) is 4.69. The van der Waals surface area contributed by atoms with E-state index in [9.17, 15) is 0 Å². The molecule has 0 saturated heterocycles. The Kier molecular flexibility index (Phi) is 9.90. The highest BCUT2D eigenvalue weighted by atomic mass is 16.3. The first-order valence-electron chi connectivity index (χ1n) is 27.5. The molecule has 3 nitrogen and oxygen atoms in total. The van der Waals surface area contributed by atoms with Crippen molar-refractivity contribution in [3.05, 3.63) is 312 Å². The van der Waals surface area contributed by atoms with Gasteiger partial charge in [-0.1, -0.05) is 214 Å². The third-order valence-electron chi connectivity index (χ3n) is 17.5. The Morgan fingerprint density at radius 2 is 0.848 bits per heavy atom. The first kappa shape index (κ1) is 45.3. The number of nitrogens with zero attached hydrogens (tertiary/aromatic N) is 2. The van der Waals surface area contributed by atoms with Gasteiger partial charge >= 0.3 is 0 Å². The second-order valence-corrected chi connectivity index (χ2v) is 22.0. The zero-order chi connectivity index (χ0) is 52.4. The van der Waals surface area contributed by atoms with Gasteiger partial charge in [-0.25, -0.2) is 0 Å². The van der Waals surface area contributed by atoms with E-state index in [-0.39, 0.29) is 5.41 Å². The summed E-state index contributed by atoms with van der Waals surface area (Å²) >= 11 is 0. The molecule has 79 heavy (non-hydrogen) atoms. The molecular weight excluding hydrogens is 957 g/mol. The number of para-hydroxylation sites is 3. The lowest BCUT2D eigenvalue weighted by atomic mass is 9.67. The van der Waals surface area contributed by atoms with Crippen LogP contribution < -0.4 is 4.90 Å². The average molecular weight is 1010 g/mol. The van der Waals surface area contributed by atoms with Crippen molar-refractivity contribution in [2.75, 3.05) is 4.90 Å². The maximum Gasteiger partial charge on any atom is 0.143 e. The van der Waals surface area contributed by atoms with Crippen LogP contribution in [0.15, 0.2) is 283 Å². The first-order valence-corrected chi connectivity index (χ1v) is 27.5. The third-order valence-corrected chi connectivity index (χ3v) is 17.5. The smallest absolute Gasteiger partial charge is 0.143 e. The predicted molar refractivity (Wildman–Crippen MR) is 328 cm³/mol. The fraction of sp³-hybridized carbons (Fsp3) is 0.0526. The fourth-order valence-corrected chi connectivity index (χ4v) is 13.9. The monoisotopic (exact) mass is 1010 g/mol.